The number of allylic oxidation sites excluding steroid dienone is 2. The largest absolute Gasteiger partial charge is 0.353 e. The monoisotopic (exact) mass is 548 g/mol. The van der Waals surface area contributed by atoms with Gasteiger partial charge >= 0.3 is 0 Å². The summed E-state index contributed by atoms with van der Waals surface area (Å²) in [6.45, 7) is 1.77. The number of para-hydroxylation sites is 1. The van der Waals surface area contributed by atoms with Gasteiger partial charge in [0, 0.05) is 32.7 Å². The van der Waals surface area contributed by atoms with Crippen LogP contribution in [0.1, 0.15) is 18.4 Å². The van der Waals surface area contributed by atoms with Crippen LogP contribution in [-0.4, -0.2) is 17.6 Å². The summed E-state index contributed by atoms with van der Waals surface area (Å²) in [5, 5.41) is 20.6. The van der Waals surface area contributed by atoms with E-state index >= 15 is 0 Å². The second-order valence-electron chi connectivity index (χ2n) is 8.14. The highest BCUT2D eigenvalue weighted by molar-refractivity contribution is 8.03. The van der Waals surface area contributed by atoms with Gasteiger partial charge in [-0.3, -0.25) is 9.59 Å². The number of hydrogen-bond donors (Lipinski definition) is 3. The predicted molar refractivity (Wildman–Crippen MR) is 150 cm³/mol. The van der Waals surface area contributed by atoms with Gasteiger partial charge in [0.15, 0.2) is 0 Å². The Bertz CT molecular complexity index is 1430. The van der Waals surface area contributed by atoms with Gasteiger partial charge in [-0.1, -0.05) is 71.4 Å². The molecule has 2 amide bonds. The molecule has 3 aromatic rings. The standard InChI is InChI=1S/C28H22Cl2N4O2S/c1-17-25(27(36)34-19-7-3-2-4-8-19)26(21-9-5-6-10-23(21)30)22(15-31)28(32-17)37-16-24(35)33-20-13-11-18(29)12-14-20/h2-14,26,32H,16H2,1H3,(H,33,35)(H,34,36)/t26-/m1/s1. The Morgan fingerprint density at radius 3 is 2.27 bits per heavy atom. The summed E-state index contributed by atoms with van der Waals surface area (Å²) in [5.41, 5.74) is 3.13. The molecule has 3 N–H and O–H groups in total. The smallest absolute Gasteiger partial charge is 0.254 e. The maximum atomic E-state index is 13.5. The van der Waals surface area contributed by atoms with E-state index in [1.54, 1.807) is 61.5 Å². The lowest BCUT2D eigenvalue weighted by Gasteiger charge is -2.30. The van der Waals surface area contributed by atoms with Gasteiger partial charge < -0.3 is 16.0 Å². The Hall–Kier alpha value is -3.70. The number of hydrogen-bond acceptors (Lipinski definition) is 5. The fourth-order valence-corrected chi connectivity index (χ4v) is 5.20. The van der Waals surface area contributed by atoms with E-state index in [9.17, 15) is 14.9 Å². The lowest BCUT2D eigenvalue weighted by atomic mass is 9.82. The number of nitriles is 1. The molecule has 0 saturated heterocycles. The summed E-state index contributed by atoms with van der Waals surface area (Å²) >= 11 is 13.6. The molecule has 0 unspecified atom stereocenters. The molecule has 3 aromatic carbocycles. The van der Waals surface area contributed by atoms with Crippen molar-refractivity contribution in [2.75, 3.05) is 16.4 Å². The van der Waals surface area contributed by atoms with E-state index in [1.165, 1.54) is 11.8 Å². The first-order valence-electron chi connectivity index (χ1n) is 11.3. The molecule has 1 aliphatic rings. The molecule has 9 heteroatoms. The number of halogens is 2. The van der Waals surface area contributed by atoms with E-state index in [2.05, 4.69) is 22.0 Å². The molecule has 0 aliphatic carbocycles. The van der Waals surface area contributed by atoms with Gasteiger partial charge in [0.25, 0.3) is 5.91 Å². The fourth-order valence-electron chi connectivity index (χ4n) is 3.94. The normalized spacial score (nSPS) is 15.0. The van der Waals surface area contributed by atoms with Gasteiger partial charge in [-0.2, -0.15) is 5.26 Å². The number of benzene rings is 3. The summed E-state index contributed by atoms with van der Waals surface area (Å²) < 4.78 is 0. The van der Waals surface area contributed by atoms with Crippen LogP contribution in [0.5, 0.6) is 0 Å². The second-order valence-corrected chi connectivity index (χ2v) is 9.97. The van der Waals surface area contributed by atoms with Gasteiger partial charge in [0.1, 0.15) is 0 Å². The van der Waals surface area contributed by atoms with E-state index in [0.29, 0.717) is 48.9 Å². The average Bonchev–Trinajstić information content (AvgIpc) is 2.89. The summed E-state index contributed by atoms with van der Waals surface area (Å²) in [7, 11) is 0. The number of nitrogens with one attached hydrogen (secondary N) is 3. The molecule has 4 rings (SSSR count). The van der Waals surface area contributed by atoms with Crippen molar-refractivity contribution < 1.29 is 9.59 Å². The molecule has 37 heavy (non-hydrogen) atoms. The maximum absolute atomic E-state index is 13.5. The quantitative estimate of drug-likeness (QED) is 0.305. The van der Waals surface area contributed by atoms with Gasteiger partial charge in [0.2, 0.25) is 5.91 Å². The summed E-state index contributed by atoms with van der Waals surface area (Å²) in [4.78, 5) is 26.1. The maximum Gasteiger partial charge on any atom is 0.254 e. The number of carbonyl (C=O) groups excluding carboxylic acids is 2. The first kappa shape index (κ1) is 26.4. The zero-order chi connectivity index (χ0) is 26.4. The van der Waals surface area contributed by atoms with Crippen molar-refractivity contribution in [3.63, 3.8) is 0 Å². The number of anilines is 2. The van der Waals surface area contributed by atoms with E-state index < -0.39 is 5.92 Å². The summed E-state index contributed by atoms with van der Waals surface area (Å²) in [6, 6.07) is 25.3. The third-order valence-electron chi connectivity index (χ3n) is 5.62. The fraction of sp³-hybridized carbons (Fsp3) is 0.107. The number of thioether (sulfide) groups is 1. The Morgan fingerprint density at radius 1 is 0.946 bits per heavy atom. The Balaban J connectivity index is 1.63. The Kier molecular flexibility index (Phi) is 8.57. The molecule has 0 saturated carbocycles. The minimum atomic E-state index is -0.717. The Labute approximate surface area is 229 Å². The van der Waals surface area contributed by atoms with Crippen LogP contribution in [0.2, 0.25) is 10.0 Å². The molecule has 1 aliphatic heterocycles. The zero-order valence-electron chi connectivity index (χ0n) is 19.7. The number of nitrogens with zero attached hydrogens (tertiary/aromatic N) is 1. The van der Waals surface area contributed by atoms with Crippen LogP contribution in [0.4, 0.5) is 11.4 Å². The molecule has 6 nitrogen and oxygen atoms in total. The summed E-state index contributed by atoms with van der Waals surface area (Å²) in [5.74, 6) is -1.27. The minimum Gasteiger partial charge on any atom is -0.353 e. The third kappa shape index (κ3) is 6.36. The van der Waals surface area contributed by atoms with Crippen LogP contribution >= 0.6 is 35.0 Å². The highest BCUT2D eigenvalue weighted by atomic mass is 35.5. The van der Waals surface area contributed by atoms with E-state index in [-0.39, 0.29) is 17.6 Å². The van der Waals surface area contributed by atoms with Gasteiger partial charge in [-0.15, -0.1) is 0 Å². The molecule has 1 heterocycles. The molecular formula is C28H22Cl2N4O2S. The molecule has 186 valence electrons. The van der Waals surface area contributed by atoms with Crippen LogP contribution in [0.25, 0.3) is 0 Å². The topological polar surface area (TPSA) is 94.0 Å². The van der Waals surface area contributed by atoms with E-state index in [4.69, 9.17) is 23.2 Å². The lowest BCUT2D eigenvalue weighted by molar-refractivity contribution is -0.114. The van der Waals surface area contributed by atoms with Crippen molar-refractivity contribution in [1.29, 1.82) is 5.26 Å². The molecule has 0 aromatic heterocycles. The molecule has 0 bridgehead atoms. The number of dihydropyridines is 1. The predicted octanol–water partition coefficient (Wildman–Crippen LogP) is 6.70. The summed E-state index contributed by atoms with van der Waals surface area (Å²) in [6.07, 6.45) is 0. The molecule has 1 atom stereocenters. The van der Waals surface area contributed by atoms with Gasteiger partial charge in [-0.05, 0) is 55.0 Å². The highest BCUT2D eigenvalue weighted by Gasteiger charge is 2.35. The number of carbonyl (C=O) groups is 2. The molecule has 0 fully saturated rings. The highest BCUT2D eigenvalue weighted by Crippen LogP contribution is 2.43. The first-order valence-corrected chi connectivity index (χ1v) is 13.0. The van der Waals surface area contributed by atoms with E-state index in [0.717, 1.165) is 0 Å². The Morgan fingerprint density at radius 2 is 1.59 bits per heavy atom. The van der Waals surface area contributed by atoms with Crippen molar-refractivity contribution in [1.82, 2.24) is 5.32 Å². The average molecular weight is 549 g/mol. The van der Waals surface area contributed by atoms with Crippen LogP contribution in [0, 0.1) is 11.3 Å². The molecular weight excluding hydrogens is 527 g/mol. The zero-order valence-corrected chi connectivity index (χ0v) is 22.0. The molecule has 0 radical (unpaired) electrons. The van der Waals surface area contributed by atoms with Crippen molar-refractivity contribution in [3.8, 4) is 6.07 Å². The third-order valence-corrected chi connectivity index (χ3v) is 7.23. The van der Waals surface area contributed by atoms with Crippen LogP contribution in [0.15, 0.2) is 101 Å². The van der Waals surface area contributed by atoms with Gasteiger partial charge in [-0.25, -0.2) is 0 Å². The number of amides is 2. The van der Waals surface area contributed by atoms with Crippen LogP contribution in [-0.2, 0) is 9.59 Å². The van der Waals surface area contributed by atoms with Crippen molar-refractivity contribution in [2.45, 2.75) is 12.8 Å². The first-order chi connectivity index (χ1) is 17.9. The van der Waals surface area contributed by atoms with E-state index in [1.807, 2.05) is 24.3 Å². The number of rotatable bonds is 7. The van der Waals surface area contributed by atoms with Gasteiger partial charge in [0.05, 0.1) is 28.3 Å². The molecule has 0 spiro atoms. The van der Waals surface area contributed by atoms with Crippen LogP contribution < -0.4 is 16.0 Å². The second kappa shape index (κ2) is 12.0. The lowest BCUT2D eigenvalue weighted by Crippen LogP contribution is -2.31. The van der Waals surface area contributed by atoms with Crippen molar-refractivity contribution in [3.05, 3.63) is 116 Å². The SMILES string of the molecule is CC1=C(C(=O)Nc2ccccc2)[C@H](c2ccccc2Cl)C(C#N)=C(SCC(=O)Nc2ccc(Cl)cc2)N1. The van der Waals surface area contributed by atoms with Crippen molar-refractivity contribution in [2.24, 2.45) is 0 Å². The van der Waals surface area contributed by atoms with Crippen molar-refractivity contribution >= 4 is 58.2 Å². The van der Waals surface area contributed by atoms with Crippen LogP contribution in [0.3, 0.4) is 0 Å². The minimum absolute atomic E-state index is 0.0458.